The number of aliphatic hydroxyl groups excluding tert-OH is 2. The summed E-state index contributed by atoms with van der Waals surface area (Å²) in [6, 6.07) is -0.208. The predicted octanol–water partition coefficient (Wildman–Crippen LogP) is -1.25. The van der Waals surface area contributed by atoms with E-state index >= 15 is 0 Å². The molecule has 70 valence electrons. The molecule has 1 saturated heterocycles. The third-order valence-corrected chi connectivity index (χ3v) is 1.84. The Kier molecular flexibility index (Phi) is 3.31. The summed E-state index contributed by atoms with van der Waals surface area (Å²) in [6.45, 7) is 1.21. The van der Waals surface area contributed by atoms with Crippen LogP contribution in [0.2, 0.25) is 0 Å². The Morgan fingerprint density at radius 3 is 2.92 bits per heavy atom. The summed E-state index contributed by atoms with van der Waals surface area (Å²) < 4.78 is 0. The predicted molar refractivity (Wildman–Crippen MR) is 42.7 cm³/mol. The van der Waals surface area contributed by atoms with Crippen molar-refractivity contribution in [2.75, 3.05) is 26.2 Å². The molecule has 0 bridgehead atoms. The van der Waals surface area contributed by atoms with E-state index in [0.29, 0.717) is 19.5 Å². The molecular formula is C7H14N2O3. The Morgan fingerprint density at radius 1 is 1.67 bits per heavy atom. The molecule has 1 fully saturated rings. The lowest BCUT2D eigenvalue weighted by atomic mass is 10.3. The van der Waals surface area contributed by atoms with Crippen LogP contribution in [-0.4, -0.2) is 53.5 Å². The van der Waals surface area contributed by atoms with E-state index in [1.165, 1.54) is 0 Å². The first-order valence-corrected chi connectivity index (χ1v) is 4.05. The summed E-state index contributed by atoms with van der Waals surface area (Å²) in [7, 11) is 0. The van der Waals surface area contributed by atoms with Crippen molar-refractivity contribution < 1.29 is 15.0 Å². The first kappa shape index (κ1) is 9.28. The molecule has 0 saturated carbocycles. The monoisotopic (exact) mass is 174 g/mol. The number of nitrogens with zero attached hydrogens (tertiary/aromatic N) is 1. The van der Waals surface area contributed by atoms with Gasteiger partial charge in [-0.15, -0.1) is 0 Å². The van der Waals surface area contributed by atoms with E-state index in [-0.39, 0.29) is 25.3 Å². The maximum absolute atomic E-state index is 11.1. The molecule has 5 heteroatoms. The molecule has 0 aromatic heterocycles. The molecule has 1 aliphatic heterocycles. The van der Waals surface area contributed by atoms with Gasteiger partial charge in [0, 0.05) is 19.6 Å². The number of β-amino-alcohol motifs (C(OH)–C–C–N with tert-alkyl or cyclic N) is 1. The fraction of sp³-hybridized carbons (Fsp3) is 0.857. The second-order valence-electron chi connectivity index (χ2n) is 2.84. The average molecular weight is 174 g/mol. The minimum atomic E-state index is -0.384. The smallest absolute Gasteiger partial charge is 0.317 e. The molecular weight excluding hydrogens is 160 g/mol. The lowest BCUT2D eigenvalue weighted by molar-refractivity contribution is 0.170. The summed E-state index contributed by atoms with van der Waals surface area (Å²) in [5, 5.41) is 20.1. The highest BCUT2D eigenvalue weighted by Gasteiger charge is 2.23. The van der Waals surface area contributed by atoms with E-state index in [2.05, 4.69) is 5.32 Å². The highest BCUT2D eigenvalue weighted by atomic mass is 16.3. The third-order valence-electron chi connectivity index (χ3n) is 1.84. The second-order valence-corrected chi connectivity index (χ2v) is 2.84. The minimum Gasteiger partial charge on any atom is -0.395 e. The van der Waals surface area contributed by atoms with Crippen LogP contribution in [0.4, 0.5) is 4.79 Å². The molecule has 1 rings (SSSR count). The van der Waals surface area contributed by atoms with E-state index in [4.69, 9.17) is 10.2 Å². The average Bonchev–Trinajstić information content (AvgIpc) is 2.47. The van der Waals surface area contributed by atoms with Crippen molar-refractivity contribution >= 4 is 6.03 Å². The molecule has 12 heavy (non-hydrogen) atoms. The third kappa shape index (κ3) is 2.35. The van der Waals surface area contributed by atoms with Crippen molar-refractivity contribution in [3.63, 3.8) is 0 Å². The maximum Gasteiger partial charge on any atom is 0.317 e. The second kappa shape index (κ2) is 4.27. The standard InChI is InChI=1S/C7H14N2O3/c10-4-2-8-7(12)9-3-1-6(11)5-9/h6,10-11H,1-5H2,(H,8,12). The van der Waals surface area contributed by atoms with Gasteiger partial charge in [-0.1, -0.05) is 0 Å². The van der Waals surface area contributed by atoms with Crippen LogP contribution < -0.4 is 5.32 Å². The lowest BCUT2D eigenvalue weighted by Crippen LogP contribution is -2.40. The van der Waals surface area contributed by atoms with Crippen LogP contribution in [0.5, 0.6) is 0 Å². The zero-order valence-corrected chi connectivity index (χ0v) is 6.86. The van der Waals surface area contributed by atoms with Crippen LogP contribution in [0.25, 0.3) is 0 Å². The van der Waals surface area contributed by atoms with Crippen LogP contribution in [0.15, 0.2) is 0 Å². The number of nitrogens with one attached hydrogen (secondary N) is 1. The van der Waals surface area contributed by atoms with Gasteiger partial charge in [-0.3, -0.25) is 0 Å². The van der Waals surface area contributed by atoms with Crippen molar-refractivity contribution in [3.8, 4) is 0 Å². The summed E-state index contributed by atoms with van der Waals surface area (Å²) in [5.41, 5.74) is 0. The molecule has 2 amide bonds. The van der Waals surface area contributed by atoms with Gasteiger partial charge in [0.25, 0.3) is 0 Å². The molecule has 1 heterocycles. The Morgan fingerprint density at radius 2 is 2.42 bits per heavy atom. The molecule has 1 unspecified atom stereocenters. The van der Waals surface area contributed by atoms with E-state index in [1.54, 1.807) is 4.90 Å². The molecule has 5 nitrogen and oxygen atoms in total. The molecule has 0 radical (unpaired) electrons. The molecule has 1 atom stereocenters. The quantitative estimate of drug-likeness (QED) is 0.490. The zero-order chi connectivity index (χ0) is 8.97. The normalized spacial score (nSPS) is 22.8. The topological polar surface area (TPSA) is 72.8 Å². The van der Waals surface area contributed by atoms with Crippen molar-refractivity contribution in [2.24, 2.45) is 0 Å². The van der Waals surface area contributed by atoms with Gasteiger partial charge in [0.2, 0.25) is 0 Å². The molecule has 0 aromatic carbocycles. The Balaban J connectivity index is 2.23. The van der Waals surface area contributed by atoms with Gasteiger partial charge in [-0.05, 0) is 6.42 Å². The number of carbonyl (C=O) groups is 1. The highest BCUT2D eigenvalue weighted by Crippen LogP contribution is 2.07. The van der Waals surface area contributed by atoms with E-state index in [9.17, 15) is 4.79 Å². The van der Waals surface area contributed by atoms with Crippen molar-refractivity contribution in [1.82, 2.24) is 10.2 Å². The Hall–Kier alpha value is -0.810. The van der Waals surface area contributed by atoms with Crippen LogP contribution in [0, 0.1) is 0 Å². The van der Waals surface area contributed by atoms with E-state index in [0.717, 1.165) is 0 Å². The zero-order valence-electron chi connectivity index (χ0n) is 6.86. The van der Waals surface area contributed by atoms with Gasteiger partial charge >= 0.3 is 6.03 Å². The highest BCUT2D eigenvalue weighted by molar-refractivity contribution is 5.74. The van der Waals surface area contributed by atoms with E-state index < -0.39 is 0 Å². The SMILES string of the molecule is O=C(NCCO)N1CCC(O)C1. The molecule has 1 aliphatic rings. The number of hydrogen-bond acceptors (Lipinski definition) is 3. The molecule has 0 aromatic rings. The van der Waals surface area contributed by atoms with Gasteiger partial charge in [0.05, 0.1) is 12.7 Å². The number of amides is 2. The van der Waals surface area contributed by atoms with Gasteiger partial charge in [-0.2, -0.15) is 0 Å². The van der Waals surface area contributed by atoms with Crippen LogP contribution in [0.1, 0.15) is 6.42 Å². The summed E-state index contributed by atoms with van der Waals surface area (Å²) in [6.07, 6.45) is 0.261. The largest absolute Gasteiger partial charge is 0.395 e. The summed E-state index contributed by atoms with van der Waals surface area (Å²) in [5.74, 6) is 0. The van der Waals surface area contributed by atoms with Gasteiger partial charge in [0.15, 0.2) is 0 Å². The summed E-state index contributed by atoms with van der Waals surface area (Å²) >= 11 is 0. The molecule has 3 N–H and O–H groups in total. The van der Waals surface area contributed by atoms with Crippen molar-refractivity contribution in [1.29, 1.82) is 0 Å². The first-order valence-electron chi connectivity index (χ1n) is 4.05. The lowest BCUT2D eigenvalue weighted by Gasteiger charge is -2.15. The molecule has 0 aliphatic carbocycles. The first-order chi connectivity index (χ1) is 5.74. The van der Waals surface area contributed by atoms with Crippen molar-refractivity contribution in [3.05, 3.63) is 0 Å². The van der Waals surface area contributed by atoms with Crippen LogP contribution >= 0.6 is 0 Å². The minimum absolute atomic E-state index is 0.0534. The fourth-order valence-corrected chi connectivity index (χ4v) is 1.20. The number of aliphatic hydroxyl groups is 2. The van der Waals surface area contributed by atoms with Gasteiger partial charge < -0.3 is 20.4 Å². The number of carbonyl (C=O) groups excluding carboxylic acids is 1. The fourth-order valence-electron chi connectivity index (χ4n) is 1.20. The van der Waals surface area contributed by atoms with Gasteiger partial charge in [0.1, 0.15) is 0 Å². The number of hydrogen-bond donors (Lipinski definition) is 3. The van der Waals surface area contributed by atoms with E-state index in [1.807, 2.05) is 0 Å². The number of likely N-dealkylation sites (tertiary alicyclic amines) is 1. The Labute approximate surface area is 71.0 Å². The number of rotatable bonds is 2. The maximum atomic E-state index is 11.1. The van der Waals surface area contributed by atoms with Crippen molar-refractivity contribution in [2.45, 2.75) is 12.5 Å². The van der Waals surface area contributed by atoms with Crippen LogP contribution in [-0.2, 0) is 0 Å². The van der Waals surface area contributed by atoms with Crippen LogP contribution in [0.3, 0.4) is 0 Å². The Bertz CT molecular complexity index is 163. The van der Waals surface area contributed by atoms with Gasteiger partial charge in [-0.25, -0.2) is 4.79 Å². The summed E-state index contributed by atoms with van der Waals surface area (Å²) in [4.78, 5) is 12.7. The number of urea groups is 1. The molecule has 0 spiro atoms.